The summed E-state index contributed by atoms with van der Waals surface area (Å²) in [5.41, 5.74) is 5.90. The maximum absolute atomic E-state index is 11.6. The number of carbonyl (C=O) groups excluding carboxylic acids is 2. The van der Waals surface area contributed by atoms with Gasteiger partial charge in [0.2, 0.25) is 0 Å². The number of ketones is 1. The third-order valence-corrected chi connectivity index (χ3v) is 3.14. The van der Waals surface area contributed by atoms with E-state index in [4.69, 9.17) is 5.73 Å². The number of thioether (sulfide) groups is 1. The van der Waals surface area contributed by atoms with E-state index < -0.39 is 0 Å². The molecule has 1 aromatic rings. The summed E-state index contributed by atoms with van der Waals surface area (Å²) in [6, 6.07) is 7.17. The summed E-state index contributed by atoms with van der Waals surface area (Å²) >= 11 is 1.47. The molecule has 0 aliphatic carbocycles. The molecule has 0 fully saturated rings. The molecule has 1 rings (SSSR count). The lowest BCUT2D eigenvalue weighted by Crippen LogP contribution is -2.28. The largest absolute Gasteiger partial charge is 0.351 e. The maximum Gasteiger partial charge on any atom is 0.251 e. The minimum atomic E-state index is -0.126. The van der Waals surface area contributed by atoms with Gasteiger partial charge in [0.15, 0.2) is 0 Å². The van der Waals surface area contributed by atoms with Crippen LogP contribution in [-0.2, 0) is 4.79 Å². The average molecular weight is 252 g/mol. The first-order chi connectivity index (χ1) is 8.13. The fourth-order valence-electron chi connectivity index (χ4n) is 1.18. The number of Topliss-reactive ketones (excluding diaryl/α,β-unsaturated/α-hetero) is 1. The number of amides is 1. The molecular weight excluding hydrogens is 236 g/mol. The number of hydrogen-bond donors (Lipinski definition) is 2. The second kappa shape index (κ2) is 7.09. The van der Waals surface area contributed by atoms with E-state index in [2.05, 4.69) is 5.32 Å². The Labute approximate surface area is 105 Å². The maximum atomic E-state index is 11.6. The van der Waals surface area contributed by atoms with Gasteiger partial charge >= 0.3 is 0 Å². The third-order valence-electron chi connectivity index (χ3n) is 1.99. The Balaban J connectivity index is 2.55. The van der Waals surface area contributed by atoms with Crippen molar-refractivity contribution in [2.24, 2.45) is 5.73 Å². The van der Waals surface area contributed by atoms with Crippen molar-refractivity contribution in [2.75, 3.05) is 18.8 Å². The number of nitrogens with one attached hydrogen (secondary N) is 1. The van der Waals surface area contributed by atoms with Gasteiger partial charge in [0, 0.05) is 23.5 Å². The Morgan fingerprint density at radius 3 is 2.47 bits per heavy atom. The standard InChI is InChI=1S/C12H16N2O2S/c1-9(15)8-17-11-4-2-10(3-5-11)12(16)14-7-6-13/h2-5H,6-8,13H2,1H3,(H,14,16). The van der Waals surface area contributed by atoms with Crippen LogP contribution in [0.3, 0.4) is 0 Å². The molecule has 0 bridgehead atoms. The number of carbonyl (C=O) groups is 2. The first-order valence-electron chi connectivity index (χ1n) is 5.34. The van der Waals surface area contributed by atoms with Crippen LogP contribution in [0.15, 0.2) is 29.2 Å². The number of benzene rings is 1. The van der Waals surface area contributed by atoms with Gasteiger partial charge in [-0.3, -0.25) is 9.59 Å². The molecule has 0 aliphatic heterocycles. The molecule has 92 valence electrons. The summed E-state index contributed by atoms with van der Waals surface area (Å²) in [6.07, 6.45) is 0. The van der Waals surface area contributed by atoms with Crippen molar-refractivity contribution >= 4 is 23.5 Å². The van der Waals surface area contributed by atoms with Gasteiger partial charge in [-0.25, -0.2) is 0 Å². The van der Waals surface area contributed by atoms with Gasteiger partial charge in [-0.1, -0.05) is 0 Å². The summed E-state index contributed by atoms with van der Waals surface area (Å²) in [5, 5.41) is 2.69. The van der Waals surface area contributed by atoms with Crippen molar-refractivity contribution in [2.45, 2.75) is 11.8 Å². The molecule has 0 aliphatic rings. The molecular formula is C12H16N2O2S. The molecule has 17 heavy (non-hydrogen) atoms. The van der Waals surface area contributed by atoms with E-state index in [1.165, 1.54) is 11.8 Å². The first-order valence-corrected chi connectivity index (χ1v) is 6.32. The van der Waals surface area contributed by atoms with Crippen molar-refractivity contribution in [1.29, 1.82) is 0 Å². The predicted molar refractivity (Wildman–Crippen MR) is 69.2 cm³/mol. The second-order valence-electron chi connectivity index (χ2n) is 3.56. The van der Waals surface area contributed by atoms with Crippen molar-refractivity contribution < 1.29 is 9.59 Å². The SMILES string of the molecule is CC(=O)CSc1ccc(C(=O)NCCN)cc1. The Morgan fingerprint density at radius 2 is 1.94 bits per heavy atom. The van der Waals surface area contributed by atoms with Gasteiger partial charge < -0.3 is 11.1 Å². The van der Waals surface area contributed by atoms with Gasteiger partial charge in [-0.2, -0.15) is 0 Å². The highest BCUT2D eigenvalue weighted by atomic mass is 32.2. The summed E-state index contributed by atoms with van der Waals surface area (Å²) in [4.78, 5) is 23.3. The highest BCUT2D eigenvalue weighted by molar-refractivity contribution is 8.00. The van der Waals surface area contributed by atoms with E-state index in [9.17, 15) is 9.59 Å². The molecule has 0 radical (unpaired) electrons. The summed E-state index contributed by atoms with van der Waals surface area (Å²) < 4.78 is 0. The van der Waals surface area contributed by atoms with E-state index in [1.807, 2.05) is 12.1 Å². The van der Waals surface area contributed by atoms with Gasteiger partial charge in [-0.15, -0.1) is 11.8 Å². The predicted octanol–water partition coefficient (Wildman–Crippen LogP) is 1.06. The third kappa shape index (κ3) is 5.01. The molecule has 4 nitrogen and oxygen atoms in total. The molecule has 3 N–H and O–H groups in total. The van der Waals surface area contributed by atoms with Crippen LogP contribution in [0.25, 0.3) is 0 Å². The highest BCUT2D eigenvalue weighted by Gasteiger charge is 2.04. The van der Waals surface area contributed by atoms with Crippen LogP contribution in [0.2, 0.25) is 0 Å². The Kier molecular flexibility index (Phi) is 5.72. The summed E-state index contributed by atoms with van der Waals surface area (Å²) in [7, 11) is 0. The molecule has 5 heteroatoms. The highest BCUT2D eigenvalue weighted by Crippen LogP contribution is 2.18. The number of hydrogen-bond acceptors (Lipinski definition) is 4. The average Bonchev–Trinajstić information content (AvgIpc) is 2.34. The normalized spacial score (nSPS) is 10.0. The van der Waals surface area contributed by atoms with Crippen LogP contribution < -0.4 is 11.1 Å². The Morgan fingerprint density at radius 1 is 1.29 bits per heavy atom. The Hall–Kier alpha value is -1.33. The van der Waals surface area contributed by atoms with Crippen LogP contribution in [0.4, 0.5) is 0 Å². The van der Waals surface area contributed by atoms with E-state index in [0.717, 1.165) is 4.90 Å². The fraction of sp³-hybridized carbons (Fsp3) is 0.333. The zero-order valence-electron chi connectivity index (χ0n) is 9.73. The quantitative estimate of drug-likeness (QED) is 0.742. The van der Waals surface area contributed by atoms with Crippen LogP contribution in [0.5, 0.6) is 0 Å². The molecule has 1 aromatic carbocycles. The number of rotatable bonds is 6. The van der Waals surface area contributed by atoms with Crippen LogP contribution in [0.1, 0.15) is 17.3 Å². The zero-order chi connectivity index (χ0) is 12.7. The molecule has 1 amide bonds. The first kappa shape index (κ1) is 13.7. The van der Waals surface area contributed by atoms with Gasteiger partial charge in [-0.05, 0) is 31.2 Å². The number of nitrogens with two attached hydrogens (primary N) is 1. The van der Waals surface area contributed by atoms with E-state index in [1.54, 1.807) is 19.1 Å². The minimum Gasteiger partial charge on any atom is -0.351 e. The van der Waals surface area contributed by atoms with Gasteiger partial charge in [0.05, 0.1) is 5.75 Å². The lowest BCUT2D eigenvalue weighted by Gasteiger charge is -2.04. The van der Waals surface area contributed by atoms with E-state index in [-0.39, 0.29) is 11.7 Å². The summed E-state index contributed by atoms with van der Waals surface area (Å²) in [6.45, 7) is 2.46. The lowest BCUT2D eigenvalue weighted by atomic mass is 10.2. The van der Waals surface area contributed by atoms with Crippen molar-refractivity contribution in [1.82, 2.24) is 5.32 Å². The fourth-order valence-corrected chi connectivity index (χ4v) is 1.87. The Bertz CT molecular complexity index is 390. The molecule has 0 saturated carbocycles. The molecule has 0 saturated heterocycles. The van der Waals surface area contributed by atoms with Crippen LogP contribution >= 0.6 is 11.8 Å². The van der Waals surface area contributed by atoms with Crippen LogP contribution in [-0.4, -0.2) is 30.5 Å². The smallest absolute Gasteiger partial charge is 0.251 e. The monoisotopic (exact) mass is 252 g/mol. The minimum absolute atomic E-state index is 0.126. The van der Waals surface area contributed by atoms with Crippen molar-refractivity contribution in [3.8, 4) is 0 Å². The van der Waals surface area contributed by atoms with Crippen LogP contribution in [0, 0.1) is 0 Å². The van der Waals surface area contributed by atoms with E-state index in [0.29, 0.717) is 24.4 Å². The topological polar surface area (TPSA) is 72.2 Å². The van der Waals surface area contributed by atoms with Gasteiger partial charge in [0.1, 0.15) is 5.78 Å². The van der Waals surface area contributed by atoms with E-state index >= 15 is 0 Å². The van der Waals surface area contributed by atoms with Crippen molar-refractivity contribution in [3.63, 3.8) is 0 Å². The second-order valence-corrected chi connectivity index (χ2v) is 4.61. The molecule has 0 heterocycles. The molecule has 0 aromatic heterocycles. The zero-order valence-corrected chi connectivity index (χ0v) is 10.5. The molecule has 0 atom stereocenters. The summed E-state index contributed by atoms with van der Waals surface area (Å²) in [5.74, 6) is 0.469. The molecule has 0 unspecified atom stereocenters. The molecule has 0 spiro atoms. The van der Waals surface area contributed by atoms with Crippen molar-refractivity contribution in [3.05, 3.63) is 29.8 Å². The van der Waals surface area contributed by atoms with Gasteiger partial charge in [0.25, 0.3) is 5.91 Å². The lowest BCUT2D eigenvalue weighted by molar-refractivity contribution is -0.114.